The van der Waals surface area contributed by atoms with Crippen LogP contribution in [0, 0.1) is 0 Å². The number of carbonyl (C=O) groups excluding carboxylic acids is 1. The summed E-state index contributed by atoms with van der Waals surface area (Å²) in [6.45, 7) is 0.0200. The predicted molar refractivity (Wildman–Crippen MR) is 69.8 cm³/mol. The van der Waals surface area contributed by atoms with Crippen LogP contribution in [-0.2, 0) is 17.9 Å². The summed E-state index contributed by atoms with van der Waals surface area (Å²) in [7, 11) is 1.59. The van der Waals surface area contributed by atoms with Crippen molar-refractivity contribution in [2.45, 2.75) is 13.2 Å². The summed E-state index contributed by atoms with van der Waals surface area (Å²) in [4.78, 5) is 15.7. The number of nitrogens with one attached hydrogen (secondary N) is 1. The average molecular weight is 261 g/mol. The Balaban J connectivity index is 1.93. The van der Waals surface area contributed by atoms with Crippen molar-refractivity contribution in [3.63, 3.8) is 0 Å². The second-order valence-corrected chi connectivity index (χ2v) is 3.97. The summed E-state index contributed by atoms with van der Waals surface area (Å²) in [5.74, 6) is 0.576. The van der Waals surface area contributed by atoms with Gasteiger partial charge in [0, 0.05) is 11.9 Å². The lowest BCUT2D eigenvalue weighted by molar-refractivity contribution is -0.116. The highest BCUT2D eigenvalue weighted by atomic mass is 16.5. The van der Waals surface area contributed by atoms with E-state index < -0.39 is 0 Å². The van der Waals surface area contributed by atoms with Crippen LogP contribution in [0.25, 0.3) is 0 Å². The minimum atomic E-state index is -0.160. The number of rotatable bonds is 5. The zero-order chi connectivity index (χ0) is 13.7. The van der Waals surface area contributed by atoms with Crippen molar-refractivity contribution in [1.82, 2.24) is 9.55 Å². The number of aliphatic hydroxyl groups excluding tert-OH is 1. The van der Waals surface area contributed by atoms with Gasteiger partial charge in [0.05, 0.1) is 25.7 Å². The van der Waals surface area contributed by atoms with E-state index in [1.807, 2.05) is 0 Å². The summed E-state index contributed by atoms with van der Waals surface area (Å²) in [6.07, 6.45) is 3.15. The van der Waals surface area contributed by atoms with Crippen molar-refractivity contribution in [2.24, 2.45) is 0 Å². The lowest BCUT2D eigenvalue weighted by Crippen LogP contribution is -2.17. The zero-order valence-corrected chi connectivity index (χ0v) is 10.5. The van der Waals surface area contributed by atoms with Gasteiger partial charge >= 0.3 is 0 Å². The van der Waals surface area contributed by atoms with Crippen LogP contribution in [0.15, 0.2) is 36.8 Å². The number of methoxy groups -OCH3 is 1. The smallest absolute Gasteiger partial charge is 0.244 e. The number of ether oxygens (including phenoxy) is 1. The number of carbonyl (C=O) groups is 1. The molecule has 100 valence electrons. The number of aliphatic hydroxyl groups is 1. The fourth-order valence-corrected chi connectivity index (χ4v) is 1.62. The summed E-state index contributed by atoms with van der Waals surface area (Å²) in [5, 5.41) is 11.6. The maximum atomic E-state index is 11.8. The van der Waals surface area contributed by atoms with E-state index in [0.29, 0.717) is 11.4 Å². The van der Waals surface area contributed by atoms with Crippen molar-refractivity contribution < 1.29 is 14.6 Å². The van der Waals surface area contributed by atoms with Crippen LogP contribution in [0.3, 0.4) is 0 Å². The molecular weight excluding hydrogens is 246 g/mol. The highest BCUT2D eigenvalue weighted by Gasteiger charge is 2.05. The molecule has 6 nitrogen and oxygen atoms in total. The molecule has 0 atom stereocenters. The number of amides is 1. The highest BCUT2D eigenvalue weighted by molar-refractivity contribution is 5.90. The Labute approximate surface area is 110 Å². The standard InChI is InChI=1S/C13H15N3O3/c1-19-12-4-2-10(3-5-12)15-13(18)7-16-6-11(8-17)14-9-16/h2-6,9,17H,7-8H2,1H3,(H,15,18). The maximum absolute atomic E-state index is 11.8. The summed E-state index contributed by atoms with van der Waals surface area (Å²) < 4.78 is 6.65. The maximum Gasteiger partial charge on any atom is 0.244 e. The third-order valence-electron chi connectivity index (χ3n) is 2.55. The van der Waals surface area contributed by atoms with Crippen LogP contribution in [-0.4, -0.2) is 27.7 Å². The topological polar surface area (TPSA) is 76.4 Å². The molecule has 0 fully saturated rings. The number of benzene rings is 1. The van der Waals surface area contributed by atoms with E-state index in [1.165, 1.54) is 6.33 Å². The molecule has 0 unspecified atom stereocenters. The molecule has 0 saturated heterocycles. The summed E-state index contributed by atoms with van der Waals surface area (Å²) in [5.41, 5.74) is 1.24. The van der Waals surface area contributed by atoms with E-state index in [-0.39, 0.29) is 19.1 Å². The fraction of sp³-hybridized carbons (Fsp3) is 0.231. The van der Waals surface area contributed by atoms with Crippen LogP contribution < -0.4 is 10.1 Å². The van der Waals surface area contributed by atoms with Crippen molar-refractivity contribution in [2.75, 3.05) is 12.4 Å². The van der Waals surface area contributed by atoms with E-state index in [4.69, 9.17) is 9.84 Å². The first-order valence-corrected chi connectivity index (χ1v) is 5.76. The third-order valence-corrected chi connectivity index (χ3v) is 2.55. The first kappa shape index (κ1) is 13.1. The van der Waals surface area contributed by atoms with Crippen molar-refractivity contribution >= 4 is 11.6 Å². The third kappa shape index (κ3) is 3.56. The second-order valence-electron chi connectivity index (χ2n) is 3.97. The summed E-state index contributed by atoms with van der Waals surface area (Å²) in [6, 6.07) is 7.08. The number of anilines is 1. The Kier molecular flexibility index (Phi) is 4.15. The molecule has 2 N–H and O–H groups in total. The van der Waals surface area contributed by atoms with E-state index >= 15 is 0 Å². The number of hydrogen-bond acceptors (Lipinski definition) is 4. The molecule has 0 aliphatic rings. The predicted octanol–water partition coefficient (Wildman–Crippen LogP) is 1.02. The van der Waals surface area contributed by atoms with Gasteiger partial charge < -0.3 is 19.7 Å². The van der Waals surface area contributed by atoms with Crippen molar-refractivity contribution in [1.29, 1.82) is 0 Å². The average Bonchev–Trinajstić information content (AvgIpc) is 2.87. The minimum absolute atomic E-state index is 0.132. The van der Waals surface area contributed by atoms with E-state index in [2.05, 4.69) is 10.3 Å². The molecule has 2 aromatic rings. The quantitative estimate of drug-likeness (QED) is 0.842. The van der Waals surface area contributed by atoms with Gasteiger partial charge in [-0.1, -0.05) is 0 Å². The molecule has 0 aliphatic carbocycles. The molecule has 1 heterocycles. The number of imidazole rings is 1. The number of nitrogens with zero attached hydrogens (tertiary/aromatic N) is 2. The van der Waals surface area contributed by atoms with E-state index in [0.717, 1.165) is 5.75 Å². The SMILES string of the molecule is COc1ccc(NC(=O)Cn2cnc(CO)c2)cc1. The van der Waals surface area contributed by atoms with Gasteiger partial charge in [-0.2, -0.15) is 0 Å². The van der Waals surface area contributed by atoms with Gasteiger partial charge in [0.25, 0.3) is 0 Å². The molecule has 0 radical (unpaired) electrons. The van der Waals surface area contributed by atoms with Crippen LogP contribution in [0.1, 0.15) is 5.69 Å². The lowest BCUT2D eigenvalue weighted by atomic mass is 10.3. The monoisotopic (exact) mass is 261 g/mol. The Hall–Kier alpha value is -2.34. The molecule has 6 heteroatoms. The minimum Gasteiger partial charge on any atom is -0.497 e. The Morgan fingerprint density at radius 1 is 1.42 bits per heavy atom. The van der Waals surface area contributed by atoms with Gasteiger partial charge in [-0.25, -0.2) is 4.98 Å². The molecule has 19 heavy (non-hydrogen) atoms. The molecule has 0 spiro atoms. The normalized spacial score (nSPS) is 10.2. The first-order valence-electron chi connectivity index (χ1n) is 5.76. The Morgan fingerprint density at radius 2 is 2.16 bits per heavy atom. The van der Waals surface area contributed by atoms with Gasteiger partial charge in [-0.05, 0) is 24.3 Å². The largest absolute Gasteiger partial charge is 0.497 e. The van der Waals surface area contributed by atoms with Gasteiger partial charge in [0.15, 0.2) is 0 Å². The van der Waals surface area contributed by atoms with E-state index in [1.54, 1.807) is 42.1 Å². The zero-order valence-electron chi connectivity index (χ0n) is 10.5. The second kappa shape index (κ2) is 6.01. The molecule has 1 amide bonds. The van der Waals surface area contributed by atoms with Gasteiger partial charge in [0.1, 0.15) is 12.3 Å². The highest BCUT2D eigenvalue weighted by Crippen LogP contribution is 2.14. The molecule has 0 bridgehead atoms. The lowest BCUT2D eigenvalue weighted by Gasteiger charge is -2.06. The van der Waals surface area contributed by atoms with Gasteiger partial charge in [0.2, 0.25) is 5.91 Å². The molecule has 1 aromatic heterocycles. The van der Waals surface area contributed by atoms with Crippen LogP contribution in [0.2, 0.25) is 0 Å². The van der Waals surface area contributed by atoms with Gasteiger partial charge in [-0.15, -0.1) is 0 Å². The van der Waals surface area contributed by atoms with Crippen molar-refractivity contribution in [3.8, 4) is 5.75 Å². The molecule has 1 aromatic carbocycles. The summed E-state index contributed by atoms with van der Waals surface area (Å²) >= 11 is 0. The molecule has 0 saturated carbocycles. The molecule has 0 aliphatic heterocycles. The van der Waals surface area contributed by atoms with Crippen LogP contribution in [0.4, 0.5) is 5.69 Å². The van der Waals surface area contributed by atoms with E-state index in [9.17, 15) is 4.79 Å². The fourth-order valence-electron chi connectivity index (χ4n) is 1.62. The Bertz CT molecular complexity index is 549. The molecular formula is C13H15N3O3. The van der Waals surface area contributed by atoms with Crippen LogP contribution in [0.5, 0.6) is 5.75 Å². The first-order chi connectivity index (χ1) is 9.21. The van der Waals surface area contributed by atoms with Gasteiger partial charge in [-0.3, -0.25) is 4.79 Å². The number of hydrogen-bond donors (Lipinski definition) is 2. The Morgan fingerprint density at radius 3 is 2.74 bits per heavy atom. The molecule has 2 rings (SSSR count). The number of aromatic nitrogens is 2. The van der Waals surface area contributed by atoms with Crippen molar-refractivity contribution in [3.05, 3.63) is 42.5 Å². The van der Waals surface area contributed by atoms with Crippen LogP contribution >= 0.6 is 0 Å².